The highest BCUT2D eigenvalue weighted by atomic mass is 16.5. The molecule has 0 N–H and O–H groups in total. The van der Waals surface area contributed by atoms with E-state index in [0.717, 1.165) is 29.9 Å². The van der Waals surface area contributed by atoms with E-state index in [2.05, 4.69) is 10.3 Å². The van der Waals surface area contributed by atoms with Crippen LogP contribution in [0.1, 0.15) is 48.7 Å². The lowest BCUT2D eigenvalue weighted by molar-refractivity contribution is 0.0516. The van der Waals surface area contributed by atoms with E-state index in [9.17, 15) is 4.79 Å². The standard InChI is InChI=1S/C24H27N3O5/c1-3-30-24(28)22-23(27(26-25-22)16-17-11-13-18(29-2)14-12-17)32-21-10-6-9-20(15-21)31-19-7-4-5-8-19/h6,9-15,19H,3-5,7-8,16H2,1-2H3. The Morgan fingerprint density at radius 1 is 1.06 bits per heavy atom. The minimum Gasteiger partial charge on any atom is -0.497 e. The molecule has 1 aromatic heterocycles. The second-order valence-electron chi connectivity index (χ2n) is 7.57. The molecule has 1 heterocycles. The second-order valence-corrected chi connectivity index (χ2v) is 7.57. The molecule has 0 saturated heterocycles. The zero-order valence-electron chi connectivity index (χ0n) is 18.3. The molecule has 0 amide bonds. The number of carbonyl (C=O) groups is 1. The van der Waals surface area contributed by atoms with Crippen LogP contribution in [-0.4, -0.2) is 40.8 Å². The number of esters is 1. The van der Waals surface area contributed by atoms with Crippen LogP contribution in [0.25, 0.3) is 0 Å². The molecule has 1 saturated carbocycles. The molecule has 0 radical (unpaired) electrons. The van der Waals surface area contributed by atoms with Gasteiger partial charge in [-0.2, -0.15) is 0 Å². The summed E-state index contributed by atoms with van der Waals surface area (Å²) < 4.78 is 24.1. The van der Waals surface area contributed by atoms with Crippen molar-refractivity contribution in [3.8, 4) is 23.1 Å². The number of hydrogen-bond donors (Lipinski definition) is 0. The van der Waals surface area contributed by atoms with Crippen LogP contribution in [0.15, 0.2) is 48.5 Å². The van der Waals surface area contributed by atoms with Crippen molar-refractivity contribution in [3.63, 3.8) is 0 Å². The van der Waals surface area contributed by atoms with Crippen molar-refractivity contribution in [2.75, 3.05) is 13.7 Å². The average Bonchev–Trinajstić information content (AvgIpc) is 3.45. The van der Waals surface area contributed by atoms with Crippen LogP contribution in [0.3, 0.4) is 0 Å². The largest absolute Gasteiger partial charge is 0.497 e. The van der Waals surface area contributed by atoms with Crippen LogP contribution in [0.4, 0.5) is 0 Å². The summed E-state index contributed by atoms with van der Waals surface area (Å²) in [5.74, 6) is 1.67. The Hall–Kier alpha value is -3.55. The van der Waals surface area contributed by atoms with Crippen LogP contribution in [0.5, 0.6) is 23.1 Å². The Balaban J connectivity index is 1.58. The third-order valence-corrected chi connectivity index (χ3v) is 5.27. The molecule has 32 heavy (non-hydrogen) atoms. The van der Waals surface area contributed by atoms with E-state index in [1.165, 1.54) is 12.8 Å². The van der Waals surface area contributed by atoms with Crippen molar-refractivity contribution in [1.29, 1.82) is 0 Å². The predicted molar refractivity (Wildman–Crippen MR) is 117 cm³/mol. The summed E-state index contributed by atoms with van der Waals surface area (Å²) in [6.07, 6.45) is 4.76. The number of ether oxygens (including phenoxy) is 4. The molecule has 1 fully saturated rings. The molecule has 0 aliphatic heterocycles. The van der Waals surface area contributed by atoms with Gasteiger partial charge in [0.1, 0.15) is 17.2 Å². The van der Waals surface area contributed by atoms with Crippen LogP contribution >= 0.6 is 0 Å². The Morgan fingerprint density at radius 3 is 2.53 bits per heavy atom. The fourth-order valence-electron chi connectivity index (χ4n) is 3.66. The van der Waals surface area contributed by atoms with E-state index in [0.29, 0.717) is 12.3 Å². The number of hydrogen-bond acceptors (Lipinski definition) is 7. The summed E-state index contributed by atoms with van der Waals surface area (Å²) in [6.45, 7) is 2.34. The van der Waals surface area contributed by atoms with E-state index in [1.807, 2.05) is 42.5 Å². The van der Waals surface area contributed by atoms with Gasteiger partial charge in [0.05, 0.1) is 26.4 Å². The Labute approximate surface area is 187 Å². The molecule has 8 nitrogen and oxygen atoms in total. The zero-order valence-corrected chi connectivity index (χ0v) is 18.3. The summed E-state index contributed by atoms with van der Waals surface area (Å²) in [4.78, 5) is 12.4. The van der Waals surface area contributed by atoms with Crippen LogP contribution in [0, 0.1) is 0 Å². The smallest absolute Gasteiger partial charge is 0.364 e. The summed E-state index contributed by atoms with van der Waals surface area (Å²) in [6, 6.07) is 15.0. The first kappa shape index (κ1) is 21.7. The van der Waals surface area contributed by atoms with Gasteiger partial charge in [0.2, 0.25) is 5.69 Å². The molecule has 0 bridgehead atoms. The third-order valence-electron chi connectivity index (χ3n) is 5.27. The first-order valence-electron chi connectivity index (χ1n) is 10.8. The average molecular weight is 437 g/mol. The number of benzene rings is 2. The van der Waals surface area contributed by atoms with Gasteiger partial charge in [-0.3, -0.25) is 0 Å². The minimum absolute atomic E-state index is 0.0301. The van der Waals surface area contributed by atoms with Crippen molar-refractivity contribution < 1.29 is 23.7 Å². The number of nitrogens with zero attached hydrogens (tertiary/aromatic N) is 3. The van der Waals surface area contributed by atoms with Gasteiger partial charge in [-0.05, 0) is 62.4 Å². The first-order chi connectivity index (χ1) is 15.7. The van der Waals surface area contributed by atoms with Crippen molar-refractivity contribution in [1.82, 2.24) is 15.0 Å². The normalized spacial score (nSPS) is 13.7. The molecule has 0 atom stereocenters. The number of carbonyl (C=O) groups excluding carboxylic acids is 1. The maximum atomic E-state index is 12.4. The van der Waals surface area contributed by atoms with Gasteiger partial charge in [0.15, 0.2) is 0 Å². The minimum atomic E-state index is -0.582. The van der Waals surface area contributed by atoms with E-state index in [4.69, 9.17) is 18.9 Å². The maximum absolute atomic E-state index is 12.4. The number of aromatic nitrogens is 3. The molecule has 1 aliphatic rings. The topological polar surface area (TPSA) is 84.7 Å². The number of rotatable bonds is 9. The van der Waals surface area contributed by atoms with Crippen LogP contribution in [0.2, 0.25) is 0 Å². The summed E-state index contributed by atoms with van der Waals surface area (Å²) >= 11 is 0. The molecule has 3 aromatic rings. The van der Waals surface area contributed by atoms with Crippen molar-refractivity contribution in [2.24, 2.45) is 0 Å². The second kappa shape index (κ2) is 10.2. The fraction of sp³-hybridized carbons (Fsp3) is 0.375. The summed E-state index contributed by atoms with van der Waals surface area (Å²) in [5, 5.41) is 8.16. The highest BCUT2D eigenvalue weighted by molar-refractivity contribution is 5.89. The number of methoxy groups -OCH3 is 1. The zero-order chi connectivity index (χ0) is 22.3. The highest BCUT2D eigenvalue weighted by Gasteiger charge is 2.24. The van der Waals surface area contributed by atoms with Gasteiger partial charge >= 0.3 is 5.97 Å². The van der Waals surface area contributed by atoms with Gasteiger partial charge < -0.3 is 18.9 Å². The monoisotopic (exact) mass is 437 g/mol. The summed E-state index contributed by atoms with van der Waals surface area (Å²) in [5.41, 5.74) is 0.983. The third kappa shape index (κ3) is 5.19. The van der Waals surface area contributed by atoms with Crippen molar-refractivity contribution >= 4 is 5.97 Å². The van der Waals surface area contributed by atoms with Crippen molar-refractivity contribution in [2.45, 2.75) is 45.3 Å². The Bertz CT molecular complexity index is 1040. The van der Waals surface area contributed by atoms with Crippen molar-refractivity contribution in [3.05, 3.63) is 59.8 Å². The Morgan fingerprint density at radius 2 is 1.81 bits per heavy atom. The lowest BCUT2D eigenvalue weighted by atomic mass is 10.2. The highest BCUT2D eigenvalue weighted by Crippen LogP contribution is 2.30. The molecule has 1 aliphatic carbocycles. The van der Waals surface area contributed by atoms with Gasteiger partial charge in [-0.25, -0.2) is 9.48 Å². The quantitative estimate of drug-likeness (QED) is 0.451. The van der Waals surface area contributed by atoms with E-state index in [-0.39, 0.29) is 24.3 Å². The van der Waals surface area contributed by atoms with Gasteiger partial charge in [0, 0.05) is 6.07 Å². The van der Waals surface area contributed by atoms with Gasteiger partial charge in [-0.15, -0.1) is 5.10 Å². The lowest BCUT2D eigenvalue weighted by Gasteiger charge is -2.14. The SMILES string of the molecule is CCOC(=O)c1nnn(Cc2ccc(OC)cc2)c1Oc1cccc(OC2CCCC2)c1. The predicted octanol–water partition coefficient (Wildman–Crippen LogP) is 4.63. The van der Waals surface area contributed by atoms with Gasteiger partial charge in [0.25, 0.3) is 5.88 Å². The maximum Gasteiger partial charge on any atom is 0.364 e. The molecule has 0 unspecified atom stereocenters. The van der Waals surface area contributed by atoms with E-state index < -0.39 is 5.97 Å². The van der Waals surface area contributed by atoms with E-state index in [1.54, 1.807) is 24.8 Å². The fourth-order valence-corrected chi connectivity index (χ4v) is 3.66. The molecular formula is C24H27N3O5. The van der Waals surface area contributed by atoms with E-state index >= 15 is 0 Å². The Kier molecular flexibility index (Phi) is 6.89. The van der Waals surface area contributed by atoms with Crippen LogP contribution < -0.4 is 14.2 Å². The lowest BCUT2D eigenvalue weighted by Crippen LogP contribution is -2.11. The molecule has 2 aromatic carbocycles. The molecule has 168 valence electrons. The van der Waals surface area contributed by atoms with Gasteiger partial charge in [-0.1, -0.05) is 23.4 Å². The molecule has 0 spiro atoms. The molecule has 4 rings (SSSR count). The molecule has 8 heteroatoms. The van der Waals surface area contributed by atoms with Crippen LogP contribution in [-0.2, 0) is 11.3 Å². The first-order valence-corrected chi connectivity index (χ1v) is 10.8. The summed E-state index contributed by atoms with van der Waals surface area (Å²) in [7, 11) is 1.62. The molecular weight excluding hydrogens is 410 g/mol.